The predicted molar refractivity (Wildman–Crippen MR) is 39.0 cm³/mol. The number of hydrogen-bond acceptors (Lipinski definition) is 3. The normalized spacial score (nSPS) is 9.75. The van der Waals surface area contributed by atoms with E-state index < -0.39 is 0 Å². The van der Waals surface area contributed by atoms with Crippen molar-refractivity contribution in [1.82, 2.24) is 5.43 Å². The van der Waals surface area contributed by atoms with Crippen LogP contribution in [0, 0.1) is 0 Å². The Morgan fingerprint density at radius 3 is 3.00 bits per heavy atom. The SMILES string of the molecule is C/C=N\NC(=S)CN. The Bertz CT molecular complexity index is 99.5. The van der Waals surface area contributed by atoms with Crippen molar-refractivity contribution in [1.29, 1.82) is 0 Å². The average Bonchev–Trinajstić information content (AvgIpc) is 1.83. The minimum atomic E-state index is 0.354. The second kappa shape index (κ2) is 4.67. The molecule has 0 aromatic carbocycles. The van der Waals surface area contributed by atoms with Crippen molar-refractivity contribution in [2.45, 2.75) is 6.92 Å². The van der Waals surface area contributed by atoms with Gasteiger partial charge < -0.3 is 5.73 Å². The Morgan fingerprint density at radius 2 is 2.62 bits per heavy atom. The molecule has 0 aliphatic rings. The fourth-order valence-corrected chi connectivity index (χ4v) is 0.235. The van der Waals surface area contributed by atoms with Gasteiger partial charge in [0.25, 0.3) is 0 Å². The largest absolute Gasteiger partial charge is 0.325 e. The van der Waals surface area contributed by atoms with Gasteiger partial charge in [0.1, 0.15) is 4.99 Å². The van der Waals surface area contributed by atoms with Gasteiger partial charge in [-0.2, -0.15) is 5.10 Å². The topological polar surface area (TPSA) is 50.4 Å². The summed E-state index contributed by atoms with van der Waals surface area (Å²) in [5, 5.41) is 3.65. The number of nitrogens with one attached hydrogen (secondary N) is 1. The van der Waals surface area contributed by atoms with Gasteiger partial charge in [-0.15, -0.1) is 0 Å². The van der Waals surface area contributed by atoms with Crippen molar-refractivity contribution >= 4 is 23.4 Å². The van der Waals surface area contributed by atoms with Gasteiger partial charge in [0.05, 0.1) is 0 Å². The smallest absolute Gasteiger partial charge is 0.110 e. The molecule has 4 heteroatoms. The molecule has 0 fully saturated rings. The van der Waals surface area contributed by atoms with Gasteiger partial charge in [0, 0.05) is 12.8 Å². The Hall–Kier alpha value is -0.480. The number of hydrogen-bond donors (Lipinski definition) is 2. The summed E-state index contributed by atoms with van der Waals surface area (Å²) in [6.45, 7) is 2.15. The molecule has 0 rings (SSSR count). The molecule has 3 nitrogen and oxygen atoms in total. The van der Waals surface area contributed by atoms with Crippen LogP contribution in [-0.4, -0.2) is 17.7 Å². The van der Waals surface area contributed by atoms with Crippen LogP contribution in [0.1, 0.15) is 6.92 Å². The van der Waals surface area contributed by atoms with Gasteiger partial charge >= 0.3 is 0 Å². The third kappa shape index (κ3) is 3.70. The predicted octanol–water partition coefficient (Wildman–Crippen LogP) is -0.132. The highest BCUT2D eigenvalue weighted by Crippen LogP contribution is 1.64. The van der Waals surface area contributed by atoms with E-state index in [1.165, 1.54) is 0 Å². The highest BCUT2D eigenvalue weighted by Gasteiger charge is 1.82. The molecule has 0 atom stereocenters. The first kappa shape index (κ1) is 7.52. The molecule has 0 aliphatic heterocycles. The Balaban J connectivity index is 3.25. The van der Waals surface area contributed by atoms with Crippen molar-refractivity contribution in [2.75, 3.05) is 6.54 Å². The zero-order valence-electron chi connectivity index (χ0n) is 4.72. The molecule has 0 aromatic heterocycles. The summed E-state index contributed by atoms with van der Waals surface area (Å²) in [7, 11) is 0. The number of nitrogens with zero attached hydrogens (tertiary/aromatic N) is 1. The van der Waals surface area contributed by atoms with Gasteiger partial charge in [-0.05, 0) is 6.92 Å². The number of rotatable bonds is 2. The maximum atomic E-state index is 5.14. The highest BCUT2D eigenvalue weighted by atomic mass is 32.1. The Kier molecular flexibility index (Phi) is 4.39. The van der Waals surface area contributed by atoms with Crippen molar-refractivity contribution in [2.24, 2.45) is 10.8 Å². The molecular weight excluding hydrogens is 122 g/mol. The summed E-state index contributed by atoms with van der Waals surface area (Å²) in [5.41, 5.74) is 7.69. The molecule has 0 spiro atoms. The summed E-state index contributed by atoms with van der Waals surface area (Å²) in [6, 6.07) is 0. The van der Waals surface area contributed by atoms with E-state index >= 15 is 0 Å². The van der Waals surface area contributed by atoms with Crippen LogP contribution in [0.3, 0.4) is 0 Å². The summed E-state index contributed by atoms with van der Waals surface area (Å²) in [4.78, 5) is 0.558. The molecule has 0 heterocycles. The van der Waals surface area contributed by atoms with E-state index in [9.17, 15) is 0 Å². The number of hydrazone groups is 1. The summed E-state index contributed by atoms with van der Waals surface area (Å²) in [6.07, 6.45) is 1.61. The second-order valence-corrected chi connectivity index (χ2v) is 1.62. The lowest BCUT2D eigenvalue weighted by molar-refractivity contribution is 1.02. The summed E-state index contributed by atoms with van der Waals surface area (Å²) >= 11 is 4.67. The molecule has 3 N–H and O–H groups in total. The van der Waals surface area contributed by atoms with Crippen LogP contribution in [0.4, 0.5) is 0 Å². The summed E-state index contributed by atoms with van der Waals surface area (Å²) in [5.74, 6) is 0. The number of nitrogens with two attached hydrogens (primary N) is 1. The van der Waals surface area contributed by atoms with E-state index in [0.29, 0.717) is 11.5 Å². The molecular formula is C4H9N3S. The first-order chi connectivity index (χ1) is 3.81. The van der Waals surface area contributed by atoms with Crippen molar-refractivity contribution in [3.8, 4) is 0 Å². The molecule has 0 amide bonds. The van der Waals surface area contributed by atoms with Crippen LogP contribution in [0.2, 0.25) is 0 Å². The fraction of sp³-hybridized carbons (Fsp3) is 0.500. The zero-order chi connectivity index (χ0) is 6.41. The van der Waals surface area contributed by atoms with Crippen molar-refractivity contribution in [3.05, 3.63) is 0 Å². The van der Waals surface area contributed by atoms with E-state index in [-0.39, 0.29) is 0 Å². The van der Waals surface area contributed by atoms with Crippen LogP contribution >= 0.6 is 12.2 Å². The van der Waals surface area contributed by atoms with Gasteiger partial charge in [-0.1, -0.05) is 12.2 Å². The Labute approximate surface area is 53.9 Å². The van der Waals surface area contributed by atoms with E-state index in [2.05, 4.69) is 22.7 Å². The van der Waals surface area contributed by atoms with Gasteiger partial charge in [-0.3, -0.25) is 5.43 Å². The van der Waals surface area contributed by atoms with Crippen LogP contribution in [0.25, 0.3) is 0 Å². The standard InChI is InChI=1S/C4H9N3S/c1-2-6-7-4(8)3-5/h2H,3,5H2,1H3,(H,7,8)/b6-2-. The number of thiocarbonyl (C=S) groups is 1. The second-order valence-electron chi connectivity index (χ2n) is 1.13. The first-order valence-electron chi connectivity index (χ1n) is 2.28. The molecule has 8 heavy (non-hydrogen) atoms. The van der Waals surface area contributed by atoms with Gasteiger partial charge in [0.2, 0.25) is 0 Å². The van der Waals surface area contributed by atoms with E-state index in [0.717, 1.165) is 0 Å². The third-order valence-corrected chi connectivity index (χ3v) is 0.762. The lowest BCUT2D eigenvalue weighted by atomic mass is 10.7. The van der Waals surface area contributed by atoms with Crippen LogP contribution < -0.4 is 11.2 Å². The first-order valence-corrected chi connectivity index (χ1v) is 2.68. The van der Waals surface area contributed by atoms with Gasteiger partial charge in [0.15, 0.2) is 0 Å². The molecule has 46 valence electrons. The summed E-state index contributed by atoms with van der Waals surface area (Å²) < 4.78 is 0. The van der Waals surface area contributed by atoms with E-state index in [1.807, 2.05) is 0 Å². The van der Waals surface area contributed by atoms with Crippen LogP contribution in [0.5, 0.6) is 0 Å². The fourth-order valence-electron chi connectivity index (χ4n) is 0.182. The lowest BCUT2D eigenvalue weighted by Crippen LogP contribution is -2.23. The van der Waals surface area contributed by atoms with Crippen molar-refractivity contribution in [3.63, 3.8) is 0 Å². The highest BCUT2D eigenvalue weighted by molar-refractivity contribution is 7.80. The molecule has 0 bridgehead atoms. The Morgan fingerprint density at radius 1 is 2.00 bits per heavy atom. The molecule has 0 aliphatic carbocycles. The quantitative estimate of drug-likeness (QED) is 0.312. The maximum absolute atomic E-state index is 5.14. The molecule has 0 radical (unpaired) electrons. The molecule has 0 unspecified atom stereocenters. The van der Waals surface area contributed by atoms with Gasteiger partial charge in [-0.25, -0.2) is 0 Å². The van der Waals surface area contributed by atoms with Crippen molar-refractivity contribution < 1.29 is 0 Å². The van der Waals surface area contributed by atoms with E-state index in [4.69, 9.17) is 5.73 Å². The molecule has 0 saturated carbocycles. The van der Waals surface area contributed by atoms with Crippen LogP contribution in [-0.2, 0) is 0 Å². The van der Waals surface area contributed by atoms with Crippen LogP contribution in [0.15, 0.2) is 5.10 Å². The third-order valence-electron chi connectivity index (χ3n) is 0.504. The molecule has 0 aromatic rings. The minimum Gasteiger partial charge on any atom is -0.325 e. The van der Waals surface area contributed by atoms with E-state index in [1.54, 1.807) is 13.1 Å². The zero-order valence-corrected chi connectivity index (χ0v) is 5.53. The lowest BCUT2D eigenvalue weighted by Gasteiger charge is -1.94. The minimum absolute atomic E-state index is 0.354. The maximum Gasteiger partial charge on any atom is 0.110 e. The monoisotopic (exact) mass is 131 g/mol. The molecule has 0 saturated heterocycles. The average molecular weight is 131 g/mol.